The van der Waals surface area contributed by atoms with E-state index in [-0.39, 0.29) is 25.4 Å². The second-order valence-corrected chi connectivity index (χ2v) is 5.41. The van der Waals surface area contributed by atoms with Crippen LogP contribution in [-0.2, 0) is 14.3 Å². The first-order chi connectivity index (χ1) is 11.9. The highest BCUT2D eigenvalue weighted by Crippen LogP contribution is 2.17. The van der Waals surface area contributed by atoms with Gasteiger partial charge in [-0.15, -0.1) is 0 Å². The Bertz CT molecular complexity index is 674. The van der Waals surface area contributed by atoms with Crippen molar-refractivity contribution in [3.05, 3.63) is 24.3 Å². The van der Waals surface area contributed by atoms with Crippen molar-refractivity contribution in [3.63, 3.8) is 0 Å². The van der Waals surface area contributed by atoms with Gasteiger partial charge in [0.2, 0.25) is 11.8 Å². The number of carbonyl (C=O) groups is 4. The fourth-order valence-electron chi connectivity index (χ4n) is 2.25. The lowest BCUT2D eigenvalue weighted by molar-refractivity contribution is -0.134. The molecule has 9 nitrogen and oxygen atoms in total. The Morgan fingerprint density at radius 3 is 2.56 bits per heavy atom. The third-order valence-electron chi connectivity index (χ3n) is 3.60. The topological polar surface area (TPSA) is 117 Å². The zero-order chi connectivity index (χ0) is 18.4. The standard InChI is InChI=1S/C16H20N4O5/c1-3-25-16(24)20(2)11-6-4-10(5-7-11)17-15(23)18-12-8-9-13(21)19-14(12)22/h4-7,12H,3,8-9H2,1-2H3,(H2,17,18,23)(H,19,21,22)/t12-/m1/s1. The maximum absolute atomic E-state index is 11.9. The zero-order valence-corrected chi connectivity index (χ0v) is 14.0. The van der Waals surface area contributed by atoms with E-state index >= 15 is 0 Å². The Labute approximate surface area is 144 Å². The molecule has 0 bridgehead atoms. The highest BCUT2D eigenvalue weighted by atomic mass is 16.6. The predicted molar refractivity (Wildman–Crippen MR) is 90.2 cm³/mol. The van der Waals surface area contributed by atoms with Crippen molar-refractivity contribution in [1.29, 1.82) is 0 Å². The van der Waals surface area contributed by atoms with Crippen LogP contribution in [0.2, 0.25) is 0 Å². The summed E-state index contributed by atoms with van der Waals surface area (Å²) in [6, 6.07) is 5.24. The van der Waals surface area contributed by atoms with Gasteiger partial charge in [0.1, 0.15) is 6.04 Å². The van der Waals surface area contributed by atoms with Crippen molar-refractivity contribution in [2.24, 2.45) is 0 Å². The first-order valence-corrected chi connectivity index (χ1v) is 7.82. The number of hydrogen-bond acceptors (Lipinski definition) is 5. The molecule has 0 saturated carbocycles. The maximum atomic E-state index is 11.9. The van der Waals surface area contributed by atoms with Crippen LogP contribution >= 0.6 is 0 Å². The quantitative estimate of drug-likeness (QED) is 0.707. The van der Waals surface area contributed by atoms with Gasteiger partial charge in [-0.1, -0.05) is 0 Å². The highest BCUT2D eigenvalue weighted by Gasteiger charge is 2.27. The zero-order valence-electron chi connectivity index (χ0n) is 14.0. The normalized spacial score (nSPS) is 16.6. The van der Waals surface area contributed by atoms with Gasteiger partial charge in [0.05, 0.1) is 6.61 Å². The second kappa shape index (κ2) is 8.13. The number of ether oxygens (including phenoxy) is 1. The SMILES string of the molecule is CCOC(=O)N(C)c1ccc(NC(=O)N[C@@H]2CCC(=O)NC2=O)cc1. The lowest BCUT2D eigenvalue weighted by Crippen LogP contribution is -2.53. The minimum atomic E-state index is -0.744. The van der Waals surface area contributed by atoms with E-state index in [1.807, 2.05) is 0 Å². The fourth-order valence-corrected chi connectivity index (χ4v) is 2.25. The first kappa shape index (κ1) is 18.2. The molecule has 0 radical (unpaired) electrons. The number of nitrogens with one attached hydrogen (secondary N) is 3. The van der Waals surface area contributed by atoms with Crippen LogP contribution in [0.5, 0.6) is 0 Å². The van der Waals surface area contributed by atoms with Crippen LogP contribution in [0.3, 0.4) is 0 Å². The van der Waals surface area contributed by atoms with Crippen LogP contribution in [0, 0.1) is 0 Å². The Morgan fingerprint density at radius 1 is 1.28 bits per heavy atom. The molecule has 0 aromatic heterocycles. The van der Waals surface area contributed by atoms with E-state index < -0.39 is 24.1 Å². The monoisotopic (exact) mass is 348 g/mol. The number of hydrogen-bond donors (Lipinski definition) is 3. The number of imide groups is 1. The van der Waals surface area contributed by atoms with Crippen molar-refractivity contribution in [2.45, 2.75) is 25.8 Å². The van der Waals surface area contributed by atoms with E-state index in [0.717, 1.165) is 0 Å². The van der Waals surface area contributed by atoms with E-state index in [2.05, 4.69) is 16.0 Å². The molecular formula is C16H20N4O5. The molecule has 9 heteroatoms. The molecule has 3 N–H and O–H groups in total. The molecule has 1 saturated heterocycles. The molecule has 1 aromatic carbocycles. The van der Waals surface area contributed by atoms with Crippen molar-refractivity contribution in [1.82, 2.24) is 10.6 Å². The summed E-state index contributed by atoms with van der Waals surface area (Å²) in [6.45, 7) is 2.00. The number of carbonyl (C=O) groups excluding carboxylic acids is 4. The molecule has 5 amide bonds. The third-order valence-corrected chi connectivity index (χ3v) is 3.60. The summed E-state index contributed by atoms with van der Waals surface area (Å²) in [4.78, 5) is 47.6. The van der Waals surface area contributed by atoms with Crippen LogP contribution in [-0.4, -0.2) is 43.6 Å². The molecule has 1 atom stereocenters. The fraction of sp³-hybridized carbons (Fsp3) is 0.375. The second-order valence-electron chi connectivity index (χ2n) is 5.41. The van der Waals surface area contributed by atoms with Crippen LogP contribution in [0.15, 0.2) is 24.3 Å². The average Bonchev–Trinajstić information content (AvgIpc) is 2.57. The van der Waals surface area contributed by atoms with Crippen molar-refractivity contribution >= 4 is 35.3 Å². The first-order valence-electron chi connectivity index (χ1n) is 7.82. The minimum absolute atomic E-state index is 0.186. The van der Waals surface area contributed by atoms with E-state index in [4.69, 9.17) is 4.74 Å². The predicted octanol–water partition coefficient (Wildman–Crippen LogP) is 1.21. The maximum Gasteiger partial charge on any atom is 0.413 e. The smallest absolute Gasteiger partial charge is 0.413 e. The number of piperidine rings is 1. The molecule has 1 heterocycles. The Kier molecular flexibility index (Phi) is 5.93. The van der Waals surface area contributed by atoms with Crippen molar-refractivity contribution < 1.29 is 23.9 Å². The van der Waals surface area contributed by atoms with Crippen LogP contribution in [0.1, 0.15) is 19.8 Å². The summed E-state index contributed by atoms with van der Waals surface area (Å²) >= 11 is 0. The van der Waals surface area contributed by atoms with E-state index in [1.165, 1.54) is 4.90 Å². The number of nitrogens with zero attached hydrogens (tertiary/aromatic N) is 1. The molecule has 1 aliphatic rings. The number of anilines is 2. The number of benzene rings is 1. The summed E-state index contributed by atoms with van der Waals surface area (Å²) in [5, 5.41) is 7.27. The summed E-state index contributed by atoms with van der Waals surface area (Å²) in [5.74, 6) is -0.859. The Morgan fingerprint density at radius 2 is 1.96 bits per heavy atom. The van der Waals surface area contributed by atoms with Crippen molar-refractivity contribution in [2.75, 3.05) is 23.9 Å². The molecule has 25 heavy (non-hydrogen) atoms. The highest BCUT2D eigenvalue weighted by molar-refractivity contribution is 6.02. The number of urea groups is 1. The summed E-state index contributed by atoms with van der Waals surface area (Å²) < 4.78 is 4.90. The Hall–Kier alpha value is -3.10. The van der Waals surface area contributed by atoms with Crippen molar-refractivity contribution in [3.8, 4) is 0 Å². The van der Waals surface area contributed by atoms with Gasteiger partial charge in [-0.05, 0) is 37.6 Å². The molecule has 1 aliphatic heterocycles. The van der Waals surface area contributed by atoms with Gasteiger partial charge in [0.15, 0.2) is 0 Å². The summed E-state index contributed by atoms with van der Waals surface area (Å²) in [7, 11) is 1.58. The lowest BCUT2D eigenvalue weighted by Gasteiger charge is -2.22. The molecular weight excluding hydrogens is 328 g/mol. The number of amides is 5. The Balaban J connectivity index is 1.90. The molecule has 134 valence electrons. The van der Waals surface area contributed by atoms with Gasteiger partial charge in [0, 0.05) is 24.8 Å². The molecule has 0 spiro atoms. The lowest BCUT2D eigenvalue weighted by atomic mass is 10.1. The average molecular weight is 348 g/mol. The number of rotatable bonds is 4. The molecule has 0 unspecified atom stereocenters. The van der Waals surface area contributed by atoms with Gasteiger partial charge < -0.3 is 15.4 Å². The van der Waals surface area contributed by atoms with Crippen LogP contribution < -0.4 is 20.9 Å². The molecule has 1 aromatic rings. The van der Waals surface area contributed by atoms with Crippen LogP contribution in [0.25, 0.3) is 0 Å². The van der Waals surface area contributed by atoms with Gasteiger partial charge in [-0.25, -0.2) is 9.59 Å². The van der Waals surface area contributed by atoms with E-state index in [9.17, 15) is 19.2 Å². The van der Waals surface area contributed by atoms with Gasteiger partial charge in [-0.3, -0.25) is 19.8 Å². The van der Waals surface area contributed by atoms with Crippen LogP contribution in [0.4, 0.5) is 21.0 Å². The van der Waals surface area contributed by atoms with E-state index in [1.54, 1.807) is 38.2 Å². The van der Waals surface area contributed by atoms with E-state index in [0.29, 0.717) is 11.4 Å². The molecule has 2 rings (SSSR count). The molecule has 0 aliphatic carbocycles. The third kappa shape index (κ3) is 4.93. The summed E-state index contributed by atoms with van der Waals surface area (Å²) in [5.41, 5.74) is 1.10. The minimum Gasteiger partial charge on any atom is -0.449 e. The van der Waals surface area contributed by atoms with Gasteiger partial charge in [0.25, 0.3) is 0 Å². The summed E-state index contributed by atoms with van der Waals surface area (Å²) in [6.07, 6.45) is -0.0220. The largest absolute Gasteiger partial charge is 0.449 e. The van der Waals surface area contributed by atoms with Gasteiger partial charge >= 0.3 is 12.1 Å². The van der Waals surface area contributed by atoms with Gasteiger partial charge in [-0.2, -0.15) is 0 Å². The molecule has 1 fully saturated rings.